The van der Waals surface area contributed by atoms with Crippen LogP contribution in [0.1, 0.15) is 39.2 Å². The fourth-order valence-corrected chi connectivity index (χ4v) is 2.06. The summed E-state index contributed by atoms with van der Waals surface area (Å²) >= 11 is 0. The molecule has 0 bridgehead atoms. The number of hydrogen-bond acceptors (Lipinski definition) is 5. The molecule has 0 fully saturated rings. The maximum Gasteiger partial charge on any atom is 0.134 e. The first-order valence-electron chi connectivity index (χ1n) is 7.55. The van der Waals surface area contributed by atoms with E-state index in [1.165, 1.54) is 5.56 Å². The van der Waals surface area contributed by atoms with Gasteiger partial charge in [-0.2, -0.15) is 0 Å². The SMILES string of the molecule is CCCc1c(NC)ncnc1NCCCN(C)C(C)C. The molecule has 0 unspecified atom stereocenters. The van der Waals surface area contributed by atoms with E-state index in [1.54, 1.807) is 6.33 Å². The molecule has 0 saturated carbocycles. The quantitative estimate of drug-likeness (QED) is 0.681. The molecule has 20 heavy (non-hydrogen) atoms. The lowest BCUT2D eigenvalue weighted by Crippen LogP contribution is -2.28. The van der Waals surface area contributed by atoms with Gasteiger partial charge in [-0.05, 0) is 40.3 Å². The Hall–Kier alpha value is -1.36. The van der Waals surface area contributed by atoms with E-state index < -0.39 is 0 Å². The van der Waals surface area contributed by atoms with Crippen LogP contribution in [-0.2, 0) is 6.42 Å². The normalized spacial score (nSPS) is 11.2. The summed E-state index contributed by atoms with van der Waals surface area (Å²) in [5, 5.41) is 6.59. The minimum atomic E-state index is 0.598. The third-order valence-corrected chi connectivity index (χ3v) is 3.54. The van der Waals surface area contributed by atoms with Gasteiger partial charge in [-0.25, -0.2) is 9.97 Å². The Morgan fingerprint density at radius 3 is 2.55 bits per heavy atom. The molecule has 0 aromatic carbocycles. The molecule has 0 aliphatic carbocycles. The van der Waals surface area contributed by atoms with Crippen molar-refractivity contribution in [1.82, 2.24) is 14.9 Å². The third-order valence-electron chi connectivity index (χ3n) is 3.54. The van der Waals surface area contributed by atoms with Gasteiger partial charge in [-0.1, -0.05) is 13.3 Å². The predicted octanol–water partition coefficient (Wildman–Crippen LogP) is 2.61. The van der Waals surface area contributed by atoms with E-state index in [9.17, 15) is 0 Å². The average Bonchev–Trinajstić information content (AvgIpc) is 2.44. The maximum absolute atomic E-state index is 4.38. The van der Waals surface area contributed by atoms with Gasteiger partial charge in [0, 0.05) is 25.2 Å². The molecule has 1 aromatic rings. The Morgan fingerprint density at radius 2 is 1.95 bits per heavy atom. The molecule has 1 heterocycles. The van der Waals surface area contributed by atoms with E-state index in [2.05, 4.69) is 53.3 Å². The lowest BCUT2D eigenvalue weighted by molar-refractivity contribution is 0.273. The van der Waals surface area contributed by atoms with Gasteiger partial charge in [0.2, 0.25) is 0 Å². The second-order valence-corrected chi connectivity index (χ2v) is 5.40. The van der Waals surface area contributed by atoms with Crippen LogP contribution in [0.4, 0.5) is 11.6 Å². The highest BCUT2D eigenvalue weighted by Crippen LogP contribution is 2.21. The number of anilines is 2. The highest BCUT2D eigenvalue weighted by molar-refractivity contribution is 5.57. The average molecular weight is 279 g/mol. The van der Waals surface area contributed by atoms with Gasteiger partial charge < -0.3 is 15.5 Å². The maximum atomic E-state index is 4.38. The first-order valence-corrected chi connectivity index (χ1v) is 7.55. The summed E-state index contributed by atoms with van der Waals surface area (Å²) in [5.41, 5.74) is 1.19. The molecule has 0 amide bonds. The summed E-state index contributed by atoms with van der Waals surface area (Å²) in [6, 6.07) is 0.598. The minimum Gasteiger partial charge on any atom is -0.373 e. The fraction of sp³-hybridized carbons (Fsp3) is 0.733. The largest absolute Gasteiger partial charge is 0.373 e. The van der Waals surface area contributed by atoms with Crippen LogP contribution in [0.2, 0.25) is 0 Å². The van der Waals surface area contributed by atoms with Crippen LogP contribution in [0.15, 0.2) is 6.33 Å². The Kier molecular flexibility index (Phi) is 7.30. The summed E-state index contributed by atoms with van der Waals surface area (Å²) in [6.45, 7) is 8.65. The van der Waals surface area contributed by atoms with Crippen LogP contribution >= 0.6 is 0 Å². The molecule has 0 spiro atoms. The van der Waals surface area contributed by atoms with E-state index in [1.807, 2.05) is 7.05 Å². The number of rotatable bonds is 9. The number of aromatic nitrogens is 2. The van der Waals surface area contributed by atoms with Crippen LogP contribution in [0.25, 0.3) is 0 Å². The van der Waals surface area contributed by atoms with Crippen molar-refractivity contribution in [2.24, 2.45) is 0 Å². The van der Waals surface area contributed by atoms with E-state index in [4.69, 9.17) is 0 Å². The van der Waals surface area contributed by atoms with Crippen LogP contribution in [-0.4, -0.2) is 48.1 Å². The zero-order valence-electron chi connectivity index (χ0n) is 13.5. The molecule has 0 aliphatic heterocycles. The minimum absolute atomic E-state index is 0.598. The van der Waals surface area contributed by atoms with Gasteiger partial charge in [0.25, 0.3) is 0 Å². The molecule has 114 valence electrons. The summed E-state index contributed by atoms with van der Waals surface area (Å²) in [4.78, 5) is 11.0. The molecule has 5 heteroatoms. The molecule has 0 saturated heterocycles. The molecule has 5 nitrogen and oxygen atoms in total. The van der Waals surface area contributed by atoms with Gasteiger partial charge in [0.1, 0.15) is 18.0 Å². The Morgan fingerprint density at radius 1 is 1.25 bits per heavy atom. The van der Waals surface area contributed by atoms with Crippen LogP contribution in [0, 0.1) is 0 Å². The summed E-state index contributed by atoms with van der Waals surface area (Å²) in [6.07, 6.45) is 4.81. The number of nitrogens with zero attached hydrogens (tertiary/aromatic N) is 3. The second-order valence-electron chi connectivity index (χ2n) is 5.40. The Balaban J connectivity index is 2.55. The van der Waals surface area contributed by atoms with Gasteiger partial charge >= 0.3 is 0 Å². The van der Waals surface area contributed by atoms with Crippen molar-refractivity contribution < 1.29 is 0 Å². The van der Waals surface area contributed by atoms with Crippen LogP contribution in [0.5, 0.6) is 0 Å². The van der Waals surface area contributed by atoms with Gasteiger partial charge in [-0.3, -0.25) is 0 Å². The second kappa shape index (κ2) is 8.74. The number of hydrogen-bond donors (Lipinski definition) is 2. The molecule has 1 aromatic heterocycles. The zero-order chi connectivity index (χ0) is 15.0. The first-order chi connectivity index (χ1) is 9.60. The van der Waals surface area contributed by atoms with Crippen molar-refractivity contribution >= 4 is 11.6 Å². The summed E-state index contributed by atoms with van der Waals surface area (Å²) in [7, 11) is 4.07. The molecule has 0 radical (unpaired) electrons. The van der Waals surface area contributed by atoms with Crippen LogP contribution in [0.3, 0.4) is 0 Å². The fourth-order valence-electron chi connectivity index (χ4n) is 2.06. The van der Waals surface area contributed by atoms with Gasteiger partial charge in [0.05, 0.1) is 0 Å². The van der Waals surface area contributed by atoms with Crippen molar-refractivity contribution in [2.45, 2.75) is 46.1 Å². The van der Waals surface area contributed by atoms with E-state index in [-0.39, 0.29) is 0 Å². The lowest BCUT2D eigenvalue weighted by atomic mass is 10.1. The van der Waals surface area contributed by atoms with Gasteiger partial charge in [-0.15, -0.1) is 0 Å². The highest BCUT2D eigenvalue weighted by atomic mass is 15.1. The molecule has 0 atom stereocenters. The van der Waals surface area contributed by atoms with E-state index in [0.29, 0.717) is 6.04 Å². The van der Waals surface area contributed by atoms with Crippen molar-refractivity contribution in [3.05, 3.63) is 11.9 Å². The Bertz CT molecular complexity index is 392. The third kappa shape index (κ3) is 4.96. The standard InChI is InChI=1S/C15H29N5/c1-6-8-13-14(16-4)18-11-19-15(13)17-9-7-10-20(5)12(2)3/h11-12H,6-10H2,1-5H3,(H2,16,17,18,19). The molecular formula is C15H29N5. The van der Waals surface area contributed by atoms with Crippen molar-refractivity contribution in [3.8, 4) is 0 Å². The van der Waals surface area contributed by atoms with E-state index in [0.717, 1.165) is 44.0 Å². The summed E-state index contributed by atoms with van der Waals surface area (Å²) in [5.74, 6) is 1.90. The first kappa shape index (κ1) is 16.7. The number of nitrogens with one attached hydrogen (secondary N) is 2. The zero-order valence-corrected chi connectivity index (χ0v) is 13.5. The smallest absolute Gasteiger partial charge is 0.134 e. The topological polar surface area (TPSA) is 53.1 Å². The van der Waals surface area contributed by atoms with E-state index >= 15 is 0 Å². The molecular weight excluding hydrogens is 250 g/mol. The van der Waals surface area contributed by atoms with Crippen molar-refractivity contribution in [2.75, 3.05) is 37.8 Å². The lowest BCUT2D eigenvalue weighted by Gasteiger charge is -2.21. The molecule has 1 rings (SSSR count). The Labute approximate surface area is 123 Å². The molecule has 2 N–H and O–H groups in total. The highest BCUT2D eigenvalue weighted by Gasteiger charge is 2.09. The monoisotopic (exact) mass is 279 g/mol. The molecule has 0 aliphatic rings. The van der Waals surface area contributed by atoms with Crippen LogP contribution < -0.4 is 10.6 Å². The van der Waals surface area contributed by atoms with Gasteiger partial charge in [0.15, 0.2) is 0 Å². The predicted molar refractivity (Wildman–Crippen MR) is 86.4 cm³/mol. The summed E-state index contributed by atoms with van der Waals surface area (Å²) < 4.78 is 0. The van der Waals surface area contributed by atoms with Crippen molar-refractivity contribution in [3.63, 3.8) is 0 Å². The van der Waals surface area contributed by atoms with Crippen molar-refractivity contribution in [1.29, 1.82) is 0 Å².